The molecule has 0 spiro atoms. The molecule has 0 saturated carbocycles. The number of hydrogen-bond acceptors (Lipinski definition) is 5. The minimum atomic E-state index is -0.304. The van der Waals surface area contributed by atoms with Crippen molar-refractivity contribution in [2.75, 3.05) is 11.1 Å². The maximum Gasteiger partial charge on any atom is 0.277 e. The molecule has 5 nitrogen and oxygen atoms in total. The van der Waals surface area contributed by atoms with Crippen molar-refractivity contribution in [2.24, 2.45) is 0 Å². The molecule has 3 aromatic rings. The molecular formula is C16H9Cl4N3O2S. The van der Waals surface area contributed by atoms with Crippen molar-refractivity contribution in [3.05, 3.63) is 56.5 Å². The van der Waals surface area contributed by atoms with Gasteiger partial charge in [0.25, 0.3) is 5.22 Å². The van der Waals surface area contributed by atoms with E-state index in [4.69, 9.17) is 50.8 Å². The summed E-state index contributed by atoms with van der Waals surface area (Å²) in [5, 5.41) is 12.3. The molecule has 0 saturated heterocycles. The van der Waals surface area contributed by atoms with Crippen LogP contribution < -0.4 is 5.32 Å². The Hall–Kier alpha value is -1.44. The molecule has 3 rings (SSSR count). The van der Waals surface area contributed by atoms with Gasteiger partial charge in [-0.1, -0.05) is 58.2 Å². The van der Waals surface area contributed by atoms with E-state index in [2.05, 4.69) is 15.5 Å². The van der Waals surface area contributed by atoms with Crippen molar-refractivity contribution in [2.45, 2.75) is 5.22 Å². The number of benzene rings is 2. The van der Waals surface area contributed by atoms with Crippen molar-refractivity contribution >= 4 is 69.8 Å². The second kappa shape index (κ2) is 8.50. The van der Waals surface area contributed by atoms with Crippen LogP contribution in [0.25, 0.3) is 11.5 Å². The van der Waals surface area contributed by atoms with Crippen molar-refractivity contribution in [1.29, 1.82) is 0 Å². The van der Waals surface area contributed by atoms with Crippen LogP contribution in [0.1, 0.15) is 0 Å². The molecule has 0 bridgehead atoms. The summed E-state index contributed by atoms with van der Waals surface area (Å²) in [6.45, 7) is 0. The number of nitrogens with zero attached hydrogens (tertiary/aromatic N) is 2. The van der Waals surface area contributed by atoms with E-state index in [1.165, 1.54) is 12.1 Å². The standard InChI is InChI=1S/C16H9Cl4N3O2S/c17-9-3-1-8(2-4-9)15-22-23-16(25-15)26-7-14(24)21-13-6-11(19)10(18)5-12(13)20/h1-6H,7H2,(H,21,24). The lowest BCUT2D eigenvalue weighted by molar-refractivity contribution is -0.113. The Morgan fingerprint density at radius 2 is 1.69 bits per heavy atom. The van der Waals surface area contributed by atoms with Gasteiger partial charge in [-0.25, -0.2) is 0 Å². The number of aromatic nitrogens is 2. The molecule has 2 aromatic carbocycles. The fraction of sp³-hybridized carbons (Fsp3) is 0.0625. The van der Waals surface area contributed by atoms with Gasteiger partial charge in [-0.3, -0.25) is 4.79 Å². The number of halogens is 4. The lowest BCUT2D eigenvalue weighted by Crippen LogP contribution is -2.14. The Balaban J connectivity index is 1.60. The van der Waals surface area contributed by atoms with Gasteiger partial charge in [-0.05, 0) is 36.4 Å². The Morgan fingerprint density at radius 3 is 2.42 bits per heavy atom. The number of thioether (sulfide) groups is 1. The predicted molar refractivity (Wildman–Crippen MR) is 106 cm³/mol. The van der Waals surface area contributed by atoms with E-state index in [1.54, 1.807) is 24.3 Å². The zero-order valence-electron chi connectivity index (χ0n) is 12.8. The number of carbonyl (C=O) groups is 1. The van der Waals surface area contributed by atoms with Gasteiger partial charge in [-0.2, -0.15) is 0 Å². The van der Waals surface area contributed by atoms with E-state index in [0.717, 1.165) is 17.3 Å². The molecule has 1 N–H and O–H groups in total. The third-order valence-electron chi connectivity index (χ3n) is 3.11. The van der Waals surface area contributed by atoms with E-state index in [-0.39, 0.29) is 16.9 Å². The van der Waals surface area contributed by atoms with Crippen LogP contribution in [0.2, 0.25) is 20.1 Å². The number of nitrogens with one attached hydrogen (secondary N) is 1. The Kier molecular flexibility index (Phi) is 6.32. The summed E-state index contributed by atoms with van der Waals surface area (Å²) in [6.07, 6.45) is 0. The molecule has 1 heterocycles. The summed E-state index contributed by atoms with van der Waals surface area (Å²) in [5.74, 6) is 0.0948. The first-order valence-electron chi connectivity index (χ1n) is 7.09. The van der Waals surface area contributed by atoms with Gasteiger partial charge in [0.1, 0.15) is 0 Å². The highest BCUT2D eigenvalue weighted by Crippen LogP contribution is 2.32. The van der Waals surface area contributed by atoms with Crippen LogP contribution >= 0.6 is 58.2 Å². The summed E-state index contributed by atoms with van der Waals surface area (Å²) in [4.78, 5) is 12.1. The van der Waals surface area contributed by atoms with Gasteiger partial charge < -0.3 is 9.73 Å². The Labute approximate surface area is 173 Å². The molecule has 134 valence electrons. The van der Waals surface area contributed by atoms with Crippen LogP contribution in [0.4, 0.5) is 5.69 Å². The van der Waals surface area contributed by atoms with Crippen molar-refractivity contribution < 1.29 is 9.21 Å². The molecule has 0 aliphatic rings. The maximum atomic E-state index is 12.1. The lowest BCUT2D eigenvalue weighted by atomic mass is 10.2. The van der Waals surface area contributed by atoms with E-state index in [9.17, 15) is 4.79 Å². The molecule has 1 aromatic heterocycles. The van der Waals surface area contributed by atoms with Gasteiger partial charge in [0, 0.05) is 10.6 Å². The second-order valence-electron chi connectivity index (χ2n) is 4.96. The average molecular weight is 449 g/mol. The largest absolute Gasteiger partial charge is 0.411 e. The molecule has 1 amide bonds. The molecule has 10 heteroatoms. The molecule has 0 fully saturated rings. The van der Waals surface area contributed by atoms with Gasteiger partial charge >= 0.3 is 0 Å². The van der Waals surface area contributed by atoms with Crippen LogP contribution in [0.5, 0.6) is 0 Å². The van der Waals surface area contributed by atoms with Gasteiger partial charge in [0.05, 0.1) is 26.5 Å². The van der Waals surface area contributed by atoms with Gasteiger partial charge in [0.15, 0.2) is 0 Å². The summed E-state index contributed by atoms with van der Waals surface area (Å²) in [7, 11) is 0. The normalized spacial score (nSPS) is 10.8. The Morgan fingerprint density at radius 1 is 1.00 bits per heavy atom. The monoisotopic (exact) mass is 447 g/mol. The number of hydrogen-bond donors (Lipinski definition) is 1. The molecule has 0 atom stereocenters. The summed E-state index contributed by atoms with van der Waals surface area (Å²) in [6, 6.07) is 9.93. The summed E-state index contributed by atoms with van der Waals surface area (Å²) < 4.78 is 5.52. The zero-order valence-corrected chi connectivity index (χ0v) is 16.6. The molecule has 26 heavy (non-hydrogen) atoms. The van der Waals surface area contributed by atoms with Crippen LogP contribution in [0.15, 0.2) is 46.0 Å². The first-order valence-corrected chi connectivity index (χ1v) is 9.59. The van der Waals surface area contributed by atoms with Crippen LogP contribution in [0, 0.1) is 0 Å². The topological polar surface area (TPSA) is 68.0 Å². The predicted octanol–water partition coefficient (Wildman–Crippen LogP) is 6.08. The fourth-order valence-electron chi connectivity index (χ4n) is 1.91. The number of anilines is 1. The maximum absolute atomic E-state index is 12.1. The second-order valence-corrected chi connectivity index (χ2v) is 7.55. The lowest BCUT2D eigenvalue weighted by Gasteiger charge is -2.07. The van der Waals surface area contributed by atoms with Crippen LogP contribution in [0.3, 0.4) is 0 Å². The number of carbonyl (C=O) groups excluding carboxylic acids is 1. The highest BCUT2D eigenvalue weighted by Gasteiger charge is 2.13. The highest BCUT2D eigenvalue weighted by atomic mass is 35.5. The van der Waals surface area contributed by atoms with Crippen molar-refractivity contribution in [3.8, 4) is 11.5 Å². The third-order valence-corrected chi connectivity index (χ3v) is 5.21. The molecule has 0 radical (unpaired) electrons. The van der Waals surface area contributed by atoms with Gasteiger partial charge in [0.2, 0.25) is 11.8 Å². The van der Waals surface area contributed by atoms with Gasteiger partial charge in [-0.15, -0.1) is 10.2 Å². The third kappa shape index (κ3) is 4.84. The zero-order chi connectivity index (χ0) is 18.7. The molecule has 0 aliphatic carbocycles. The van der Waals surface area contributed by atoms with Crippen molar-refractivity contribution in [3.63, 3.8) is 0 Å². The minimum absolute atomic E-state index is 0.0544. The van der Waals surface area contributed by atoms with Crippen LogP contribution in [-0.2, 0) is 4.79 Å². The average Bonchev–Trinajstić information content (AvgIpc) is 3.07. The fourth-order valence-corrected chi connectivity index (χ4v) is 3.19. The van der Waals surface area contributed by atoms with E-state index < -0.39 is 0 Å². The first-order chi connectivity index (χ1) is 12.4. The van der Waals surface area contributed by atoms with Crippen LogP contribution in [-0.4, -0.2) is 21.9 Å². The minimum Gasteiger partial charge on any atom is -0.411 e. The molecule has 0 aliphatic heterocycles. The quantitative estimate of drug-likeness (QED) is 0.378. The van der Waals surface area contributed by atoms with E-state index in [0.29, 0.717) is 31.7 Å². The summed E-state index contributed by atoms with van der Waals surface area (Å²) >= 11 is 24.8. The van der Waals surface area contributed by atoms with E-state index in [1.807, 2.05) is 0 Å². The smallest absolute Gasteiger partial charge is 0.277 e. The summed E-state index contributed by atoms with van der Waals surface area (Å²) in [5.41, 5.74) is 1.11. The van der Waals surface area contributed by atoms with E-state index >= 15 is 0 Å². The number of rotatable bonds is 5. The Bertz CT molecular complexity index is 947. The SMILES string of the molecule is O=C(CSc1nnc(-c2ccc(Cl)cc2)o1)Nc1cc(Cl)c(Cl)cc1Cl. The highest BCUT2D eigenvalue weighted by molar-refractivity contribution is 7.99. The van der Waals surface area contributed by atoms with Crippen molar-refractivity contribution in [1.82, 2.24) is 10.2 Å². The number of amides is 1. The molecular weight excluding hydrogens is 440 g/mol. The molecule has 0 unspecified atom stereocenters. The first kappa shape index (κ1) is 19.3.